The number of hydrogen-bond donors (Lipinski definition) is 1. The van der Waals surface area contributed by atoms with Gasteiger partial charge < -0.3 is 10.1 Å². The van der Waals surface area contributed by atoms with E-state index >= 15 is 0 Å². The van der Waals surface area contributed by atoms with Gasteiger partial charge in [0, 0.05) is 24.2 Å². The number of anilines is 1. The van der Waals surface area contributed by atoms with Gasteiger partial charge in [0.1, 0.15) is 11.0 Å². The van der Waals surface area contributed by atoms with Crippen molar-refractivity contribution in [3.63, 3.8) is 0 Å². The molecule has 2 aromatic rings. The molecule has 1 heterocycles. The van der Waals surface area contributed by atoms with Gasteiger partial charge >= 0.3 is 0 Å². The minimum Gasteiger partial charge on any atom is -0.497 e. The Morgan fingerprint density at radius 3 is 2.54 bits per heavy atom. The van der Waals surface area contributed by atoms with Crippen molar-refractivity contribution >= 4 is 44.5 Å². The zero-order valence-corrected chi connectivity index (χ0v) is 21.4. The van der Waals surface area contributed by atoms with Crippen molar-refractivity contribution in [1.82, 2.24) is 4.90 Å². The zero-order chi connectivity index (χ0) is 25.0. The Balaban J connectivity index is 1.56. The number of carbonyl (C=O) groups is 2. The average Bonchev–Trinajstić information content (AvgIpc) is 3.13. The summed E-state index contributed by atoms with van der Waals surface area (Å²) in [5, 5.41) is 2.20. The van der Waals surface area contributed by atoms with Crippen molar-refractivity contribution in [2.75, 3.05) is 12.4 Å². The second-order valence-electron chi connectivity index (χ2n) is 8.75. The van der Waals surface area contributed by atoms with Crippen molar-refractivity contribution in [3.8, 4) is 5.75 Å². The topological polar surface area (TPSA) is 105 Å². The smallest absolute Gasteiger partial charge is 0.284 e. The van der Waals surface area contributed by atoms with E-state index in [-0.39, 0.29) is 34.3 Å². The molecule has 0 spiro atoms. The SMILES string of the molecule is COc1cccc(NC(=O)C[C@@H]2SC(=NS(=O)(=O)c3ccc(C)cc3)N(C3CCCCC3)C2=O)c1. The summed E-state index contributed by atoms with van der Waals surface area (Å²) in [6, 6.07) is 13.3. The summed E-state index contributed by atoms with van der Waals surface area (Å²) in [5.41, 5.74) is 1.50. The van der Waals surface area contributed by atoms with E-state index in [1.807, 2.05) is 6.92 Å². The molecule has 1 saturated heterocycles. The Labute approximate surface area is 210 Å². The number of rotatable bonds is 7. The minimum absolute atomic E-state index is 0.0754. The number of amides is 2. The van der Waals surface area contributed by atoms with E-state index in [1.165, 1.54) is 17.0 Å². The lowest BCUT2D eigenvalue weighted by Crippen LogP contribution is -2.42. The van der Waals surface area contributed by atoms with Gasteiger partial charge in [0.25, 0.3) is 10.0 Å². The number of aryl methyl sites for hydroxylation is 1. The molecule has 1 aliphatic heterocycles. The summed E-state index contributed by atoms with van der Waals surface area (Å²) in [4.78, 5) is 27.7. The van der Waals surface area contributed by atoms with Gasteiger partial charge in [-0.1, -0.05) is 54.8 Å². The van der Waals surface area contributed by atoms with Crippen LogP contribution >= 0.6 is 11.8 Å². The second kappa shape index (κ2) is 10.8. The normalized spacial score (nSPS) is 20.3. The van der Waals surface area contributed by atoms with Crippen LogP contribution in [0.2, 0.25) is 0 Å². The van der Waals surface area contributed by atoms with Gasteiger partial charge in [0.05, 0.1) is 12.0 Å². The van der Waals surface area contributed by atoms with E-state index in [2.05, 4.69) is 9.71 Å². The number of ether oxygens (including phenoxy) is 1. The molecule has 2 aliphatic rings. The van der Waals surface area contributed by atoms with Crippen molar-refractivity contribution in [2.45, 2.75) is 61.6 Å². The molecule has 2 fully saturated rings. The highest BCUT2D eigenvalue weighted by Gasteiger charge is 2.43. The molecule has 2 amide bonds. The quantitative estimate of drug-likeness (QED) is 0.588. The fourth-order valence-corrected chi connectivity index (χ4v) is 6.70. The molecule has 1 aliphatic carbocycles. The highest BCUT2D eigenvalue weighted by Crippen LogP contribution is 2.36. The van der Waals surface area contributed by atoms with Crippen LogP contribution in [0, 0.1) is 6.92 Å². The summed E-state index contributed by atoms with van der Waals surface area (Å²) in [6.07, 6.45) is 4.52. The number of nitrogens with one attached hydrogen (secondary N) is 1. The number of nitrogens with zero attached hydrogens (tertiary/aromatic N) is 2. The summed E-state index contributed by atoms with van der Waals surface area (Å²) < 4.78 is 35.3. The van der Waals surface area contributed by atoms with Gasteiger partial charge in [-0.15, -0.1) is 4.40 Å². The number of carbonyl (C=O) groups excluding carboxylic acids is 2. The highest BCUT2D eigenvalue weighted by atomic mass is 32.2. The molecule has 1 atom stereocenters. The van der Waals surface area contributed by atoms with Crippen LogP contribution in [0.4, 0.5) is 5.69 Å². The lowest BCUT2D eigenvalue weighted by Gasteiger charge is -2.30. The fourth-order valence-electron chi connectivity index (χ4n) is 4.30. The third-order valence-electron chi connectivity index (χ3n) is 6.15. The van der Waals surface area contributed by atoms with Gasteiger partial charge in [-0.25, -0.2) is 0 Å². The maximum atomic E-state index is 13.4. The summed E-state index contributed by atoms with van der Waals surface area (Å²) >= 11 is 1.05. The van der Waals surface area contributed by atoms with Gasteiger partial charge in [-0.05, 0) is 44.0 Å². The number of thioether (sulfide) groups is 1. The Hall–Kier alpha value is -2.85. The summed E-state index contributed by atoms with van der Waals surface area (Å²) in [7, 11) is -2.46. The van der Waals surface area contributed by atoms with E-state index in [9.17, 15) is 18.0 Å². The number of benzene rings is 2. The predicted molar refractivity (Wildman–Crippen MR) is 137 cm³/mol. The third kappa shape index (κ3) is 6.05. The number of amidine groups is 1. The number of hydrogen-bond acceptors (Lipinski definition) is 6. The molecular weight excluding hydrogens is 486 g/mol. The first-order valence-electron chi connectivity index (χ1n) is 11.6. The molecule has 2 aromatic carbocycles. The zero-order valence-electron chi connectivity index (χ0n) is 19.8. The van der Waals surface area contributed by atoms with E-state index in [1.54, 1.807) is 43.5 Å². The van der Waals surface area contributed by atoms with E-state index in [4.69, 9.17) is 4.74 Å². The van der Waals surface area contributed by atoms with Crippen molar-refractivity contribution < 1.29 is 22.7 Å². The highest BCUT2D eigenvalue weighted by molar-refractivity contribution is 8.16. The molecule has 4 rings (SSSR count). The predicted octanol–water partition coefficient (Wildman–Crippen LogP) is 4.35. The maximum Gasteiger partial charge on any atom is 0.284 e. The van der Waals surface area contributed by atoms with Crippen LogP contribution < -0.4 is 10.1 Å². The molecule has 10 heteroatoms. The Kier molecular flexibility index (Phi) is 7.81. The van der Waals surface area contributed by atoms with Crippen LogP contribution in [0.3, 0.4) is 0 Å². The maximum absolute atomic E-state index is 13.4. The first-order chi connectivity index (χ1) is 16.8. The van der Waals surface area contributed by atoms with Gasteiger partial charge in [-0.3, -0.25) is 14.5 Å². The van der Waals surface area contributed by atoms with Crippen molar-refractivity contribution in [2.24, 2.45) is 4.40 Å². The Morgan fingerprint density at radius 2 is 1.86 bits per heavy atom. The minimum atomic E-state index is -4.00. The van der Waals surface area contributed by atoms with Gasteiger partial charge in [0.15, 0.2) is 5.17 Å². The third-order valence-corrected chi connectivity index (χ3v) is 8.70. The van der Waals surface area contributed by atoms with E-state index in [0.717, 1.165) is 49.4 Å². The Bertz CT molecular complexity index is 1220. The summed E-state index contributed by atoms with van der Waals surface area (Å²) in [6.45, 7) is 1.87. The van der Waals surface area contributed by atoms with Crippen molar-refractivity contribution in [3.05, 3.63) is 54.1 Å². The second-order valence-corrected chi connectivity index (χ2v) is 11.5. The lowest BCUT2D eigenvalue weighted by atomic mass is 9.94. The summed E-state index contributed by atoms with van der Waals surface area (Å²) in [5.74, 6) is 0.00390. The number of sulfonamides is 1. The molecule has 0 bridgehead atoms. The molecular formula is C25H29N3O5S2. The molecule has 1 saturated carbocycles. The Morgan fingerprint density at radius 1 is 1.14 bits per heavy atom. The average molecular weight is 516 g/mol. The molecule has 1 N–H and O–H groups in total. The van der Waals surface area contributed by atoms with Crippen molar-refractivity contribution in [1.29, 1.82) is 0 Å². The molecule has 0 radical (unpaired) electrons. The lowest BCUT2D eigenvalue weighted by molar-refractivity contribution is -0.130. The fraction of sp³-hybridized carbons (Fsp3) is 0.400. The molecule has 186 valence electrons. The molecule has 0 unspecified atom stereocenters. The van der Waals surface area contributed by atoms with Crippen LogP contribution in [0.25, 0.3) is 0 Å². The standard InChI is InChI=1S/C25H29N3O5S2/c1-17-11-13-21(14-12-17)35(31,32)27-25-28(19-8-4-3-5-9-19)24(30)22(34-25)16-23(29)26-18-7-6-10-20(15-18)33-2/h6-7,10-15,19,22H,3-5,8-9,16H2,1-2H3,(H,26,29)/t22-/m0/s1. The first kappa shape index (κ1) is 25.2. The molecule has 35 heavy (non-hydrogen) atoms. The molecule has 0 aromatic heterocycles. The van der Waals surface area contributed by atoms with Crippen LogP contribution in [0.15, 0.2) is 57.8 Å². The van der Waals surface area contributed by atoms with E-state index in [0.29, 0.717) is 11.4 Å². The number of methoxy groups -OCH3 is 1. The van der Waals surface area contributed by atoms with Gasteiger partial charge in [0.2, 0.25) is 11.8 Å². The van der Waals surface area contributed by atoms with E-state index < -0.39 is 15.3 Å². The molecule has 8 nitrogen and oxygen atoms in total. The van der Waals surface area contributed by atoms with Gasteiger partial charge in [-0.2, -0.15) is 8.42 Å². The monoisotopic (exact) mass is 515 g/mol. The van der Waals surface area contributed by atoms with Crippen LogP contribution in [-0.2, 0) is 19.6 Å². The van der Waals surface area contributed by atoms with Crippen LogP contribution in [-0.4, -0.2) is 48.7 Å². The van der Waals surface area contributed by atoms with Crippen LogP contribution in [0.5, 0.6) is 5.75 Å². The first-order valence-corrected chi connectivity index (χ1v) is 13.9. The van der Waals surface area contributed by atoms with Crippen LogP contribution in [0.1, 0.15) is 44.1 Å². The largest absolute Gasteiger partial charge is 0.497 e.